The lowest BCUT2D eigenvalue weighted by atomic mass is 10.1. The number of hydrogen-bond donors (Lipinski definition) is 1. The predicted molar refractivity (Wildman–Crippen MR) is 76.3 cm³/mol. The van der Waals surface area contributed by atoms with Crippen LogP contribution in [0.1, 0.15) is 32.3 Å². The van der Waals surface area contributed by atoms with Crippen LogP contribution in [-0.2, 0) is 11.2 Å². The van der Waals surface area contributed by atoms with Crippen LogP contribution in [0.3, 0.4) is 0 Å². The summed E-state index contributed by atoms with van der Waals surface area (Å²) in [6, 6.07) is 8.04. The molecule has 0 saturated carbocycles. The van der Waals surface area contributed by atoms with E-state index < -0.39 is 0 Å². The molecule has 1 aromatic carbocycles. The molecule has 0 amide bonds. The molecule has 0 aliphatic rings. The average Bonchev–Trinajstić information content (AvgIpc) is 2.45. The van der Waals surface area contributed by atoms with Crippen molar-refractivity contribution in [3.05, 3.63) is 29.8 Å². The van der Waals surface area contributed by atoms with Gasteiger partial charge in [-0.15, -0.1) is 0 Å². The van der Waals surface area contributed by atoms with Crippen LogP contribution in [0.5, 0.6) is 5.75 Å². The molecule has 0 aromatic heterocycles. The smallest absolute Gasteiger partial charge is 0.119 e. The summed E-state index contributed by atoms with van der Waals surface area (Å²) in [7, 11) is 0. The Labute approximate surface area is 115 Å². The molecule has 19 heavy (non-hydrogen) atoms. The molecular formula is C15H23NO3. The second-order valence-corrected chi connectivity index (χ2v) is 4.38. The van der Waals surface area contributed by atoms with E-state index in [4.69, 9.17) is 14.7 Å². The topological polar surface area (TPSA) is 51.0 Å². The minimum atomic E-state index is 0.676. The van der Waals surface area contributed by atoms with Gasteiger partial charge in [0.1, 0.15) is 5.75 Å². The first-order valence-electron chi connectivity index (χ1n) is 6.73. The van der Waals surface area contributed by atoms with Gasteiger partial charge in [-0.25, -0.2) is 0 Å². The zero-order chi connectivity index (χ0) is 13.9. The molecule has 0 atom stereocenters. The van der Waals surface area contributed by atoms with Gasteiger partial charge in [0.25, 0.3) is 0 Å². The molecule has 0 aliphatic carbocycles. The standard InChI is InChI=1S/C15H23NO3/c1-3-18-11-4-12-19-15-9-7-14(8-10-15)6-5-13(2)16-17/h7-10,17H,3-6,11-12H2,1-2H3. The Hall–Kier alpha value is -1.55. The van der Waals surface area contributed by atoms with Crippen LogP contribution >= 0.6 is 0 Å². The normalized spacial score (nSPS) is 11.6. The number of aryl methyl sites for hydroxylation is 1. The Morgan fingerprint density at radius 1 is 1.21 bits per heavy atom. The summed E-state index contributed by atoms with van der Waals surface area (Å²) in [5, 5.41) is 11.7. The average molecular weight is 265 g/mol. The summed E-state index contributed by atoms with van der Waals surface area (Å²) >= 11 is 0. The van der Waals surface area contributed by atoms with Gasteiger partial charge in [-0.1, -0.05) is 17.3 Å². The fourth-order valence-electron chi connectivity index (χ4n) is 1.62. The third-order valence-electron chi connectivity index (χ3n) is 2.78. The van der Waals surface area contributed by atoms with Gasteiger partial charge in [0.15, 0.2) is 0 Å². The molecule has 1 aromatic rings. The van der Waals surface area contributed by atoms with Gasteiger partial charge in [0, 0.05) is 19.6 Å². The Morgan fingerprint density at radius 2 is 1.95 bits per heavy atom. The molecule has 4 heteroatoms. The fraction of sp³-hybridized carbons (Fsp3) is 0.533. The SMILES string of the molecule is CCOCCCOc1ccc(CCC(C)=NO)cc1. The lowest BCUT2D eigenvalue weighted by Crippen LogP contribution is -2.03. The molecule has 0 fully saturated rings. The number of nitrogens with zero attached hydrogens (tertiary/aromatic N) is 1. The van der Waals surface area contributed by atoms with Gasteiger partial charge < -0.3 is 14.7 Å². The van der Waals surface area contributed by atoms with Crippen LogP contribution in [0.15, 0.2) is 29.4 Å². The lowest BCUT2D eigenvalue weighted by molar-refractivity contribution is 0.131. The summed E-state index contributed by atoms with van der Waals surface area (Å²) in [4.78, 5) is 0. The van der Waals surface area contributed by atoms with Crippen molar-refractivity contribution in [2.75, 3.05) is 19.8 Å². The highest BCUT2D eigenvalue weighted by molar-refractivity contribution is 5.81. The van der Waals surface area contributed by atoms with E-state index in [2.05, 4.69) is 5.16 Å². The van der Waals surface area contributed by atoms with Crippen molar-refractivity contribution in [1.82, 2.24) is 0 Å². The molecule has 4 nitrogen and oxygen atoms in total. The number of hydrogen-bond acceptors (Lipinski definition) is 4. The summed E-state index contributed by atoms with van der Waals surface area (Å²) in [6.07, 6.45) is 2.55. The number of benzene rings is 1. The van der Waals surface area contributed by atoms with Crippen molar-refractivity contribution in [2.45, 2.75) is 33.1 Å². The van der Waals surface area contributed by atoms with E-state index in [1.165, 1.54) is 5.56 Å². The van der Waals surface area contributed by atoms with Gasteiger partial charge in [-0.05, 0) is 44.4 Å². The van der Waals surface area contributed by atoms with Gasteiger partial charge >= 0.3 is 0 Å². The quantitative estimate of drug-likeness (QED) is 0.323. The summed E-state index contributed by atoms with van der Waals surface area (Å²) in [5.41, 5.74) is 1.96. The Bertz CT molecular complexity index is 373. The van der Waals surface area contributed by atoms with E-state index >= 15 is 0 Å². The minimum Gasteiger partial charge on any atom is -0.494 e. The molecular weight excluding hydrogens is 242 g/mol. The maximum atomic E-state index is 8.57. The third-order valence-corrected chi connectivity index (χ3v) is 2.78. The molecule has 0 saturated heterocycles. The molecule has 1 rings (SSSR count). The van der Waals surface area contributed by atoms with Crippen LogP contribution in [0, 0.1) is 0 Å². The second-order valence-electron chi connectivity index (χ2n) is 4.38. The summed E-state index contributed by atoms with van der Waals surface area (Å²) in [6.45, 7) is 5.98. The van der Waals surface area contributed by atoms with Crippen LogP contribution in [0.25, 0.3) is 0 Å². The van der Waals surface area contributed by atoms with E-state index in [0.717, 1.165) is 43.9 Å². The lowest BCUT2D eigenvalue weighted by Gasteiger charge is -2.07. The van der Waals surface area contributed by atoms with E-state index in [9.17, 15) is 0 Å². The van der Waals surface area contributed by atoms with Crippen LogP contribution < -0.4 is 4.74 Å². The Kier molecular flexibility index (Phi) is 7.66. The van der Waals surface area contributed by atoms with Crippen LogP contribution in [-0.4, -0.2) is 30.7 Å². The van der Waals surface area contributed by atoms with Gasteiger partial charge in [-0.3, -0.25) is 0 Å². The van der Waals surface area contributed by atoms with Crippen molar-refractivity contribution >= 4 is 5.71 Å². The second kappa shape index (κ2) is 9.39. The molecule has 0 bridgehead atoms. The predicted octanol–water partition coefficient (Wildman–Crippen LogP) is 3.27. The summed E-state index contributed by atoms with van der Waals surface area (Å²) < 4.78 is 10.9. The first kappa shape index (κ1) is 15.5. The van der Waals surface area contributed by atoms with E-state index in [1.54, 1.807) is 0 Å². The Morgan fingerprint density at radius 3 is 2.58 bits per heavy atom. The zero-order valence-electron chi connectivity index (χ0n) is 11.8. The van der Waals surface area contributed by atoms with E-state index in [-0.39, 0.29) is 0 Å². The zero-order valence-corrected chi connectivity index (χ0v) is 11.8. The third kappa shape index (κ3) is 6.82. The first-order chi connectivity index (χ1) is 9.26. The van der Waals surface area contributed by atoms with Gasteiger partial charge in [0.2, 0.25) is 0 Å². The number of oxime groups is 1. The first-order valence-corrected chi connectivity index (χ1v) is 6.73. The van der Waals surface area contributed by atoms with Crippen molar-refractivity contribution < 1.29 is 14.7 Å². The minimum absolute atomic E-state index is 0.676. The fourth-order valence-corrected chi connectivity index (χ4v) is 1.62. The molecule has 0 unspecified atom stereocenters. The molecule has 0 heterocycles. The van der Waals surface area contributed by atoms with Gasteiger partial charge in [0.05, 0.1) is 12.3 Å². The Balaban J connectivity index is 2.27. The van der Waals surface area contributed by atoms with Crippen molar-refractivity contribution in [3.63, 3.8) is 0 Å². The summed E-state index contributed by atoms with van der Waals surface area (Å²) in [5.74, 6) is 0.882. The van der Waals surface area contributed by atoms with Gasteiger partial charge in [-0.2, -0.15) is 0 Å². The maximum absolute atomic E-state index is 8.57. The molecule has 0 spiro atoms. The van der Waals surface area contributed by atoms with Crippen molar-refractivity contribution in [1.29, 1.82) is 0 Å². The molecule has 1 N–H and O–H groups in total. The van der Waals surface area contributed by atoms with Crippen molar-refractivity contribution in [3.8, 4) is 5.75 Å². The van der Waals surface area contributed by atoms with E-state index in [0.29, 0.717) is 6.61 Å². The maximum Gasteiger partial charge on any atom is 0.119 e. The van der Waals surface area contributed by atoms with E-state index in [1.807, 2.05) is 38.1 Å². The molecule has 106 valence electrons. The highest BCUT2D eigenvalue weighted by Gasteiger charge is 1.98. The highest BCUT2D eigenvalue weighted by atomic mass is 16.5. The molecule has 0 aliphatic heterocycles. The number of rotatable bonds is 9. The largest absolute Gasteiger partial charge is 0.494 e. The van der Waals surface area contributed by atoms with Crippen molar-refractivity contribution in [2.24, 2.45) is 5.16 Å². The monoisotopic (exact) mass is 265 g/mol. The highest BCUT2D eigenvalue weighted by Crippen LogP contribution is 2.13. The van der Waals surface area contributed by atoms with Crippen LogP contribution in [0.2, 0.25) is 0 Å². The number of ether oxygens (including phenoxy) is 2. The molecule has 0 radical (unpaired) electrons. The van der Waals surface area contributed by atoms with Crippen LogP contribution in [0.4, 0.5) is 0 Å².